The zero-order valence-corrected chi connectivity index (χ0v) is 17.5. The molecule has 0 unspecified atom stereocenters. The minimum atomic E-state index is -3.97. The molecule has 0 saturated heterocycles. The summed E-state index contributed by atoms with van der Waals surface area (Å²) >= 11 is 5.86. The average molecular weight is 447 g/mol. The van der Waals surface area contributed by atoms with E-state index in [1.807, 2.05) is 30.3 Å². The first-order valence-electron chi connectivity index (χ1n) is 9.20. The Morgan fingerprint density at radius 1 is 0.933 bits per heavy atom. The molecule has 1 N–H and O–H groups in total. The number of rotatable bonds is 8. The number of carbonyl (C=O) groups is 1. The van der Waals surface area contributed by atoms with Crippen molar-refractivity contribution in [3.05, 3.63) is 95.3 Å². The van der Waals surface area contributed by atoms with Gasteiger partial charge in [-0.2, -0.15) is 4.31 Å². The second kappa shape index (κ2) is 9.84. The maximum atomic E-state index is 13.8. The number of para-hydroxylation sites is 1. The van der Waals surface area contributed by atoms with Crippen molar-refractivity contribution in [2.45, 2.75) is 11.3 Å². The monoisotopic (exact) mass is 446 g/mol. The smallest absolute Gasteiger partial charge is 0.243 e. The predicted molar refractivity (Wildman–Crippen MR) is 115 cm³/mol. The normalized spacial score (nSPS) is 11.4. The van der Waals surface area contributed by atoms with Crippen LogP contribution < -0.4 is 5.32 Å². The zero-order chi connectivity index (χ0) is 21.6. The Bertz CT molecular complexity index is 1110. The molecular weight excluding hydrogens is 427 g/mol. The van der Waals surface area contributed by atoms with Crippen LogP contribution in [0.5, 0.6) is 0 Å². The molecule has 0 aliphatic heterocycles. The van der Waals surface area contributed by atoms with Gasteiger partial charge in [0.25, 0.3) is 0 Å². The van der Waals surface area contributed by atoms with Gasteiger partial charge in [0.1, 0.15) is 5.82 Å². The number of nitrogens with zero attached hydrogens (tertiary/aromatic N) is 1. The van der Waals surface area contributed by atoms with Gasteiger partial charge in [0, 0.05) is 11.6 Å². The van der Waals surface area contributed by atoms with Crippen molar-refractivity contribution in [3.63, 3.8) is 0 Å². The summed E-state index contributed by atoms with van der Waals surface area (Å²) in [6.07, 6.45) is 0.417. The first-order chi connectivity index (χ1) is 14.4. The van der Waals surface area contributed by atoms with Gasteiger partial charge < -0.3 is 5.32 Å². The summed E-state index contributed by atoms with van der Waals surface area (Å²) in [5.74, 6) is -1.23. The van der Waals surface area contributed by atoms with E-state index in [9.17, 15) is 17.6 Å². The van der Waals surface area contributed by atoms with Crippen molar-refractivity contribution in [2.75, 3.05) is 18.4 Å². The maximum absolute atomic E-state index is 13.8. The molecule has 0 radical (unpaired) electrons. The second-order valence-electron chi connectivity index (χ2n) is 6.56. The molecule has 30 heavy (non-hydrogen) atoms. The van der Waals surface area contributed by atoms with E-state index in [2.05, 4.69) is 5.32 Å². The van der Waals surface area contributed by atoms with E-state index in [-0.39, 0.29) is 17.1 Å². The van der Waals surface area contributed by atoms with Crippen LogP contribution in [0, 0.1) is 5.82 Å². The molecule has 0 fully saturated rings. The fourth-order valence-corrected chi connectivity index (χ4v) is 4.37. The van der Waals surface area contributed by atoms with Crippen LogP contribution in [0.1, 0.15) is 5.56 Å². The molecule has 0 spiro atoms. The van der Waals surface area contributed by atoms with Gasteiger partial charge in [0.05, 0.1) is 17.1 Å². The van der Waals surface area contributed by atoms with Crippen molar-refractivity contribution in [3.8, 4) is 0 Å². The van der Waals surface area contributed by atoms with Crippen LogP contribution in [0.3, 0.4) is 0 Å². The Balaban J connectivity index is 1.82. The lowest BCUT2D eigenvalue weighted by Crippen LogP contribution is -2.39. The number of anilines is 1. The van der Waals surface area contributed by atoms with Gasteiger partial charge in [0.2, 0.25) is 15.9 Å². The number of amides is 1. The largest absolute Gasteiger partial charge is 0.322 e. The summed E-state index contributed by atoms with van der Waals surface area (Å²) < 4.78 is 41.2. The quantitative estimate of drug-likeness (QED) is 0.559. The minimum absolute atomic E-state index is 0.00518. The van der Waals surface area contributed by atoms with Gasteiger partial charge in [-0.3, -0.25) is 4.79 Å². The van der Waals surface area contributed by atoms with Crippen molar-refractivity contribution >= 4 is 33.2 Å². The SMILES string of the molecule is O=C(CN(CCc1ccccc1)S(=O)(=O)c1ccc(Cl)cc1)Nc1ccccc1F. The van der Waals surface area contributed by atoms with Crippen LogP contribution in [0.4, 0.5) is 10.1 Å². The van der Waals surface area contributed by atoms with Gasteiger partial charge in [0.15, 0.2) is 0 Å². The van der Waals surface area contributed by atoms with E-state index in [4.69, 9.17) is 11.6 Å². The van der Waals surface area contributed by atoms with Gasteiger partial charge in [-0.1, -0.05) is 54.1 Å². The third-order valence-electron chi connectivity index (χ3n) is 4.41. The summed E-state index contributed by atoms with van der Waals surface area (Å²) in [4.78, 5) is 12.5. The zero-order valence-electron chi connectivity index (χ0n) is 16.0. The summed E-state index contributed by atoms with van der Waals surface area (Å²) in [6.45, 7) is -0.369. The fourth-order valence-electron chi connectivity index (χ4n) is 2.85. The molecule has 3 aromatic carbocycles. The summed E-state index contributed by atoms with van der Waals surface area (Å²) in [6, 6.07) is 20.8. The number of hydrogen-bond donors (Lipinski definition) is 1. The summed E-state index contributed by atoms with van der Waals surface area (Å²) in [7, 11) is -3.97. The van der Waals surface area contributed by atoms with Gasteiger partial charge in [-0.25, -0.2) is 12.8 Å². The molecule has 0 saturated carbocycles. The van der Waals surface area contributed by atoms with Crippen LogP contribution in [0.25, 0.3) is 0 Å². The topological polar surface area (TPSA) is 66.5 Å². The second-order valence-corrected chi connectivity index (χ2v) is 8.93. The molecule has 0 bridgehead atoms. The third kappa shape index (κ3) is 5.66. The third-order valence-corrected chi connectivity index (χ3v) is 6.52. The van der Waals surface area contributed by atoms with Crippen LogP contribution in [0.2, 0.25) is 5.02 Å². The van der Waals surface area contributed by atoms with Gasteiger partial charge >= 0.3 is 0 Å². The van der Waals surface area contributed by atoms with Crippen molar-refractivity contribution in [2.24, 2.45) is 0 Å². The first-order valence-corrected chi connectivity index (χ1v) is 11.0. The molecule has 156 valence electrons. The number of sulfonamides is 1. The Kier molecular flexibility index (Phi) is 7.20. The van der Waals surface area contributed by atoms with E-state index in [1.165, 1.54) is 42.5 Å². The molecule has 0 aromatic heterocycles. The number of hydrogen-bond acceptors (Lipinski definition) is 3. The fraction of sp³-hybridized carbons (Fsp3) is 0.136. The number of carbonyl (C=O) groups excluding carboxylic acids is 1. The van der Waals surface area contributed by atoms with Gasteiger partial charge in [-0.05, 0) is 48.4 Å². The van der Waals surface area contributed by atoms with Crippen LogP contribution in [-0.2, 0) is 21.2 Å². The van der Waals surface area contributed by atoms with Crippen molar-refractivity contribution in [1.82, 2.24) is 4.31 Å². The molecule has 0 heterocycles. The Morgan fingerprint density at radius 2 is 1.57 bits per heavy atom. The Hall–Kier alpha value is -2.74. The molecule has 8 heteroatoms. The highest BCUT2D eigenvalue weighted by Crippen LogP contribution is 2.20. The Labute approximate surface area is 180 Å². The molecular formula is C22H20ClFN2O3S. The van der Waals surface area contributed by atoms with E-state index >= 15 is 0 Å². The van der Waals surface area contributed by atoms with Crippen molar-refractivity contribution in [1.29, 1.82) is 0 Å². The van der Waals surface area contributed by atoms with Crippen LogP contribution in [0.15, 0.2) is 83.8 Å². The van der Waals surface area contributed by atoms with Crippen LogP contribution >= 0.6 is 11.6 Å². The molecule has 0 aliphatic rings. The molecule has 5 nitrogen and oxygen atoms in total. The highest BCUT2D eigenvalue weighted by atomic mass is 35.5. The first kappa shape index (κ1) is 22.0. The number of halogens is 2. The maximum Gasteiger partial charge on any atom is 0.243 e. The average Bonchev–Trinajstić information content (AvgIpc) is 2.74. The lowest BCUT2D eigenvalue weighted by Gasteiger charge is -2.22. The van der Waals surface area contributed by atoms with Gasteiger partial charge in [-0.15, -0.1) is 0 Å². The summed E-state index contributed by atoms with van der Waals surface area (Å²) in [5, 5.41) is 2.84. The van der Waals surface area contributed by atoms with Crippen LogP contribution in [-0.4, -0.2) is 31.7 Å². The lowest BCUT2D eigenvalue weighted by molar-refractivity contribution is -0.116. The van der Waals surface area contributed by atoms with E-state index in [1.54, 1.807) is 6.07 Å². The van der Waals surface area contributed by atoms with Crippen molar-refractivity contribution < 1.29 is 17.6 Å². The number of benzene rings is 3. The minimum Gasteiger partial charge on any atom is -0.322 e. The highest BCUT2D eigenvalue weighted by molar-refractivity contribution is 7.89. The molecule has 3 rings (SSSR count). The molecule has 0 aliphatic carbocycles. The van der Waals surface area contributed by atoms with E-state index < -0.39 is 28.3 Å². The molecule has 3 aromatic rings. The lowest BCUT2D eigenvalue weighted by atomic mass is 10.1. The van der Waals surface area contributed by atoms with E-state index in [0.717, 1.165) is 9.87 Å². The Morgan fingerprint density at radius 3 is 2.23 bits per heavy atom. The number of nitrogens with one attached hydrogen (secondary N) is 1. The highest BCUT2D eigenvalue weighted by Gasteiger charge is 2.26. The summed E-state index contributed by atoms with van der Waals surface area (Å²) in [5.41, 5.74) is 0.928. The van der Waals surface area contributed by atoms with E-state index in [0.29, 0.717) is 11.4 Å². The standard InChI is InChI=1S/C22H20ClFN2O3S/c23-18-10-12-19(13-11-18)30(28,29)26(15-14-17-6-2-1-3-7-17)16-22(27)25-21-9-5-4-8-20(21)24/h1-13H,14-16H2,(H,25,27). The predicted octanol–water partition coefficient (Wildman–Crippen LogP) is 4.35. The molecule has 1 amide bonds. The molecule has 0 atom stereocenters.